The maximum Gasteiger partial charge on any atom is 0.329 e. The van der Waals surface area contributed by atoms with E-state index in [1.807, 2.05) is 0 Å². The maximum atomic E-state index is 11.2. The minimum Gasteiger partial charge on any atom is -0.480 e. The molecular weight excluding hydrogens is 226 g/mol. The van der Waals surface area contributed by atoms with Gasteiger partial charge in [0.15, 0.2) is 0 Å². The number of furan rings is 1. The highest BCUT2D eigenvalue weighted by molar-refractivity contribution is 5.91. The molecule has 2 N–H and O–H groups in total. The number of carboxylic acid groups (broad SMARTS) is 1. The number of carboxylic acids is 1. The second-order valence-electron chi connectivity index (χ2n) is 3.09. The first-order valence-corrected chi connectivity index (χ1v) is 4.97. The number of carbonyl (C=O) groups is 2. The van der Waals surface area contributed by atoms with Crippen molar-refractivity contribution in [3.05, 3.63) is 30.2 Å². The van der Waals surface area contributed by atoms with E-state index in [4.69, 9.17) is 14.3 Å². The van der Waals surface area contributed by atoms with E-state index in [1.54, 1.807) is 12.1 Å². The van der Waals surface area contributed by atoms with Gasteiger partial charge in [0.05, 0.1) is 12.9 Å². The summed E-state index contributed by atoms with van der Waals surface area (Å²) in [5.41, 5.74) is 0. The standard InChI is InChI=1S/C11H13NO5/c13-10(4-3-9-2-1-6-17-9)12-5-7-16-8-11(14)15/h1-4,6H,5,7-8H2,(H,12,13)(H,14,15). The van der Waals surface area contributed by atoms with Gasteiger partial charge in [0.25, 0.3) is 0 Å². The summed E-state index contributed by atoms with van der Waals surface area (Å²) in [6, 6.07) is 3.44. The summed E-state index contributed by atoms with van der Waals surface area (Å²) in [4.78, 5) is 21.3. The van der Waals surface area contributed by atoms with Gasteiger partial charge in [-0.1, -0.05) is 0 Å². The Kier molecular flexibility index (Phi) is 5.53. The smallest absolute Gasteiger partial charge is 0.329 e. The van der Waals surface area contributed by atoms with Crippen LogP contribution >= 0.6 is 0 Å². The number of rotatable bonds is 7. The van der Waals surface area contributed by atoms with E-state index >= 15 is 0 Å². The molecule has 0 fully saturated rings. The second kappa shape index (κ2) is 7.24. The predicted molar refractivity (Wildman–Crippen MR) is 59.2 cm³/mol. The van der Waals surface area contributed by atoms with Gasteiger partial charge >= 0.3 is 5.97 Å². The Morgan fingerprint density at radius 2 is 2.35 bits per heavy atom. The zero-order chi connectivity index (χ0) is 12.5. The molecule has 0 aliphatic carbocycles. The molecule has 6 heteroatoms. The summed E-state index contributed by atoms with van der Waals surface area (Å²) >= 11 is 0. The monoisotopic (exact) mass is 239 g/mol. The van der Waals surface area contributed by atoms with E-state index in [2.05, 4.69) is 5.32 Å². The molecule has 0 radical (unpaired) electrons. The third-order valence-electron chi connectivity index (χ3n) is 1.71. The van der Waals surface area contributed by atoms with E-state index in [0.29, 0.717) is 5.76 Å². The molecule has 1 aromatic heterocycles. The van der Waals surface area contributed by atoms with E-state index in [1.165, 1.54) is 18.4 Å². The van der Waals surface area contributed by atoms with Crippen LogP contribution in [0.3, 0.4) is 0 Å². The highest BCUT2D eigenvalue weighted by Crippen LogP contribution is 2.01. The van der Waals surface area contributed by atoms with E-state index in [-0.39, 0.29) is 25.7 Å². The lowest BCUT2D eigenvalue weighted by atomic mass is 10.4. The summed E-state index contributed by atoms with van der Waals surface area (Å²) in [6.07, 6.45) is 4.38. The highest BCUT2D eigenvalue weighted by atomic mass is 16.5. The largest absolute Gasteiger partial charge is 0.480 e. The van der Waals surface area contributed by atoms with Gasteiger partial charge in [-0.25, -0.2) is 4.79 Å². The van der Waals surface area contributed by atoms with Crippen LogP contribution in [0.15, 0.2) is 28.9 Å². The average Bonchev–Trinajstić information content (AvgIpc) is 2.78. The second-order valence-corrected chi connectivity index (χ2v) is 3.09. The molecule has 0 saturated heterocycles. The lowest BCUT2D eigenvalue weighted by molar-refractivity contribution is -0.142. The van der Waals surface area contributed by atoms with E-state index in [9.17, 15) is 9.59 Å². The van der Waals surface area contributed by atoms with Crippen molar-refractivity contribution in [2.24, 2.45) is 0 Å². The molecule has 0 aliphatic rings. The quantitative estimate of drug-likeness (QED) is 0.534. The topological polar surface area (TPSA) is 88.8 Å². The molecule has 6 nitrogen and oxygen atoms in total. The van der Waals surface area contributed by atoms with E-state index in [0.717, 1.165) is 0 Å². The Hall–Kier alpha value is -2.08. The molecule has 0 aromatic carbocycles. The molecule has 1 aromatic rings. The molecule has 17 heavy (non-hydrogen) atoms. The normalized spacial score (nSPS) is 10.6. The van der Waals surface area contributed by atoms with Crippen LogP contribution in [0.5, 0.6) is 0 Å². The number of hydrogen-bond acceptors (Lipinski definition) is 4. The lowest BCUT2D eigenvalue weighted by Crippen LogP contribution is -2.26. The fraction of sp³-hybridized carbons (Fsp3) is 0.273. The highest BCUT2D eigenvalue weighted by Gasteiger charge is 1.98. The summed E-state index contributed by atoms with van der Waals surface area (Å²) in [6.45, 7) is 0.0549. The minimum absolute atomic E-state index is 0.159. The Labute approximate surface area is 97.9 Å². The minimum atomic E-state index is -1.03. The van der Waals surface area contributed by atoms with Crippen molar-refractivity contribution >= 4 is 18.0 Å². The van der Waals surface area contributed by atoms with Crippen LogP contribution in [0.1, 0.15) is 5.76 Å². The number of aliphatic carboxylic acids is 1. The van der Waals surface area contributed by atoms with Crippen molar-refractivity contribution in [2.45, 2.75) is 0 Å². The fourth-order valence-corrected chi connectivity index (χ4v) is 1.01. The van der Waals surface area contributed by atoms with Gasteiger partial charge in [0.2, 0.25) is 5.91 Å². The number of carbonyl (C=O) groups excluding carboxylic acids is 1. The molecule has 0 unspecified atom stereocenters. The molecule has 0 aliphatic heterocycles. The molecule has 0 bridgehead atoms. The van der Waals surface area contributed by atoms with Crippen molar-refractivity contribution in [2.75, 3.05) is 19.8 Å². The molecular formula is C11H13NO5. The first kappa shape index (κ1) is 13.0. The van der Waals surface area contributed by atoms with Crippen LogP contribution in [0, 0.1) is 0 Å². The van der Waals surface area contributed by atoms with Gasteiger partial charge in [-0.05, 0) is 18.2 Å². The third kappa shape index (κ3) is 6.16. The summed E-state index contributed by atoms with van der Waals surface area (Å²) in [7, 11) is 0. The molecule has 1 heterocycles. The first-order valence-electron chi connectivity index (χ1n) is 4.97. The Morgan fingerprint density at radius 3 is 3.00 bits per heavy atom. The Morgan fingerprint density at radius 1 is 1.53 bits per heavy atom. The maximum absolute atomic E-state index is 11.2. The van der Waals surface area contributed by atoms with Crippen LogP contribution in [0.2, 0.25) is 0 Å². The molecule has 92 valence electrons. The zero-order valence-corrected chi connectivity index (χ0v) is 9.09. The van der Waals surface area contributed by atoms with Crippen LogP contribution in [0.4, 0.5) is 0 Å². The summed E-state index contributed by atoms with van der Waals surface area (Å²) in [5.74, 6) is -0.739. The number of nitrogens with one attached hydrogen (secondary N) is 1. The van der Waals surface area contributed by atoms with Crippen molar-refractivity contribution < 1.29 is 23.8 Å². The third-order valence-corrected chi connectivity index (χ3v) is 1.71. The van der Waals surface area contributed by atoms with Crippen LogP contribution < -0.4 is 5.32 Å². The number of hydrogen-bond donors (Lipinski definition) is 2. The summed E-state index contributed by atoms with van der Waals surface area (Å²) in [5, 5.41) is 10.8. The Bertz CT molecular complexity index is 383. The van der Waals surface area contributed by atoms with Gasteiger partial charge < -0.3 is 19.6 Å². The van der Waals surface area contributed by atoms with Gasteiger partial charge in [-0.15, -0.1) is 0 Å². The van der Waals surface area contributed by atoms with Crippen molar-refractivity contribution in [3.8, 4) is 0 Å². The Balaban J connectivity index is 2.11. The van der Waals surface area contributed by atoms with Crippen LogP contribution in [-0.4, -0.2) is 36.7 Å². The lowest BCUT2D eigenvalue weighted by Gasteiger charge is -2.01. The SMILES string of the molecule is O=C(O)COCCNC(=O)C=Cc1ccco1. The molecule has 0 saturated carbocycles. The van der Waals surface area contributed by atoms with Crippen LogP contribution in [-0.2, 0) is 14.3 Å². The summed E-state index contributed by atoms with van der Waals surface area (Å²) < 4.78 is 9.74. The van der Waals surface area contributed by atoms with Gasteiger partial charge in [0, 0.05) is 12.6 Å². The number of ether oxygens (including phenoxy) is 1. The number of amides is 1. The molecule has 1 amide bonds. The molecule has 0 atom stereocenters. The van der Waals surface area contributed by atoms with Crippen molar-refractivity contribution in [1.82, 2.24) is 5.32 Å². The van der Waals surface area contributed by atoms with E-state index < -0.39 is 5.97 Å². The van der Waals surface area contributed by atoms with Gasteiger partial charge in [-0.3, -0.25) is 4.79 Å². The fourth-order valence-electron chi connectivity index (χ4n) is 1.01. The van der Waals surface area contributed by atoms with Gasteiger partial charge in [-0.2, -0.15) is 0 Å². The molecule has 1 rings (SSSR count). The zero-order valence-electron chi connectivity index (χ0n) is 9.09. The van der Waals surface area contributed by atoms with Crippen molar-refractivity contribution in [3.63, 3.8) is 0 Å². The van der Waals surface area contributed by atoms with Crippen LogP contribution in [0.25, 0.3) is 6.08 Å². The first-order chi connectivity index (χ1) is 8.18. The van der Waals surface area contributed by atoms with Crippen molar-refractivity contribution in [1.29, 1.82) is 0 Å². The predicted octanol–water partition coefficient (Wildman–Crippen LogP) is 0.510. The average molecular weight is 239 g/mol. The van der Waals surface area contributed by atoms with Gasteiger partial charge in [0.1, 0.15) is 12.4 Å². The molecule has 0 spiro atoms.